The summed E-state index contributed by atoms with van der Waals surface area (Å²) in [5.74, 6) is 1.85. The van der Waals surface area contributed by atoms with Gasteiger partial charge in [-0.3, -0.25) is 4.79 Å². The Labute approximate surface area is 123 Å². The van der Waals surface area contributed by atoms with Gasteiger partial charge in [0.05, 0.1) is 7.11 Å². The van der Waals surface area contributed by atoms with Crippen LogP contribution in [0.3, 0.4) is 0 Å². The van der Waals surface area contributed by atoms with Gasteiger partial charge in [-0.05, 0) is 30.0 Å². The number of Topliss-reactive ketones (excluding diaryl/α,β-unsaturated/α-hetero) is 1. The van der Waals surface area contributed by atoms with E-state index in [2.05, 4.69) is 13.8 Å². The van der Waals surface area contributed by atoms with E-state index in [-0.39, 0.29) is 0 Å². The molecule has 112 valence electrons. The van der Waals surface area contributed by atoms with E-state index in [0.29, 0.717) is 18.1 Å². The molecule has 1 unspecified atom stereocenters. The molecule has 0 N–H and O–H groups in total. The van der Waals surface area contributed by atoms with Crippen LogP contribution in [0.4, 0.5) is 0 Å². The number of rotatable bonds is 10. The summed E-state index contributed by atoms with van der Waals surface area (Å²) in [6, 6.07) is 7.99. The van der Waals surface area contributed by atoms with Crippen molar-refractivity contribution in [3.05, 3.63) is 29.8 Å². The van der Waals surface area contributed by atoms with E-state index in [1.165, 1.54) is 24.8 Å². The van der Waals surface area contributed by atoms with E-state index in [1.54, 1.807) is 7.11 Å². The Morgan fingerprint density at radius 2 is 1.90 bits per heavy atom. The molecular formula is C18H28O2. The molecule has 0 aliphatic carbocycles. The number of hydrogen-bond donors (Lipinski definition) is 0. The Balaban J connectivity index is 2.34. The van der Waals surface area contributed by atoms with E-state index in [0.717, 1.165) is 25.0 Å². The first-order valence-electron chi connectivity index (χ1n) is 7.84. The van der Waals surface area contributed by atoms with Crippen molar-refractivity contribution in [2.45, 2.75) is 58.8 Å². The summed E-state index contributed by atoms with van der Waals surface area (Å²) in [5, 5.41) is 0. The fraction of sp³-hybridized carbons (Fsp3) is 0.611. The monoisotopic (exact) mass is 276 g/mol. The third kappa shape index (κ3) is 6.23. The molecule has 0 aliphatic heterocycles. The summed E-state index contributed by atoms with van der Waals surface area (Å²) in [4.78, 5) is 12.0. The highest BCUT2D eigenvalue weighted by atomic mass is 16.5. The molecule has 0 saturated carbocycles. The molecule has 0 spiro atoms. The smallest absolute Gasteiger partial charge is 0.133 e. The highest BCUT2D eigenvalue weighted by Gasteiger charge is 2.11. The van der Waals surface area contributed by atoms with Crippen molar-refractivity contribution in [1.82, 2.24) is 0 Å². The van der Waals surface area contributed by atoms with Gasteiger partial charge in [0, 0.05) is 12.8 Å². The van der Waals surface area contributed by atoms with Gasteiger partial charge in [0.15, 0.2) is 0 Å². The molecule has 0 amide bonds. The van der Waals surface area contributed by atoms with Crippen molar-refractivity contribution >= 4 is 5.78 Å². The van der Waals surface area contributed by atoms with E-state index >= 15 is 0 Å². The predicted molar refractivity (Wildman–Crippen MR) is 84.2 cm³/mol. The molecule has 0 bridgehead atoms. The van der Waals surface area contributed by atoms with Crippen LogP contribution in [-0.2, 0) is 11.2 Å². The Bertz CT molecular complexity index is 381. The summed E-state index contributed by atoms with van der Waals surface area (Å²) in [6.45, 7) is 4.40. The summed E-state index contributed by atoms with van der Waals surface area (Å²) in [5.41, 5.74) is 1.21. The first kappa shape index (κ1) is 16.7. The Morgan fingerprint density at radius 1 is 1.20 bits per heavy atom. The van der Waals surface area contributed by atoms with Crippen molar-refractivity contribution < 1.29 is 9.53 Å². The van der Waals surface area contributed by atoms with Gasteiger partial charge in [-0.25, -0.2) is 0 Å². The fourth-order valence-corrected chi connectivity index (χ4v) is 2.44. The number of aryl methyl sites for hydroxylation is 1. The predicted octanol–water partition coefficient (Wildman–Crippen LogP) is 4.80. The van der Waals surface area contributed by atoms with Crippen LogP contribution >= 0.6 is 0 Å². The number of benzene rings is 1. The average Bonchev–Trinajstić information content (AvgIpc) is 2.49. The van der Waals surface area contributed by atoms with Crippen LogP contribution in [0.1, 0.15) is 57.9 Å². The first-order chi connectivity index (χ1) is 9.69. The normalized spacial score (nSPS) is 12.2. The van der Waals surface area contributed by atoms with Gasteiger partial charge in [0.25, 0.3) is 0 Å². The largest absolute Gasteiger partial charge is 0.497 e. The van der Waals surface area contributed by atoms with E-state index in [9.17, 15) is 4.79 Å². The molecule has 0 heterocycles. The van der Waals surface area contributed by atoms with Gasteiger partial charge in [-0.15, -0.1) is 0 Å². The molecular weight excluding hydrogens is 248 g/mol. The molecule has 0 aliphatic rings. The number of hydrogen-bond acceptors (Lipinski definition) is 2. The van der Waals surface area contributed by atoms with Crippen molar-refractivity contribution in [1.29, 1.82) is 0 Å². The number of ether oxygens (including phenoxy) is 1. The van der Waals surface area contributed by atoms with Crippen LogP contribution in [0.2, 0.25) is 0 Å². The third-order valence-electron chi connectivity index (χ3n) is 3.91. The van der Waals surface area contributed by atoms with Crippen molar-refractivity contribution in [3.8, 4) is 5.75 Å². The van der Waals surface area contributed by atoms with Crippen molar-refractivity contribution in [2.24, 2.45) is 5.92 Å². The molecule has 0 fully saturated rings. The molecule has 1 atom stereocenters. The molecule has 0 aromatic heterocycles. The van der Waals surface area contributed by atoms with Crippen molar-refractivity contribution in [2.75, 3.05) is 7.11 Å². The van der Waals surface area contributed by atoms with Gasteiger partial charge in [-0.2, -0.15) is 0 Å². The Kier molecular flexibility index (Phi) is 8.01. The Hall–Kier alpha value is -1.31. The molecule has 1 aromatic carbocycles. The average molecular weight is 276 g/mol. The van der Waals surface area contributed by atoms with Gasteiger partial charge in [0.2, 0.25) is 0 Å². The SMILES string of the molecule is CCCCC(CC)CC(=O)CCc1ccc(OC)cc1. The first-order valence-corrected chi connectivity index (χ1v) is 7.84. The van der Waals surface area contributed by atoms with Gasteiger partial charge < -0.3 is 4.74 Å². The van der Waals surface area contributed by atoms with Gasteiger partial charge >= 0.3 is 0 Å². The fourth-order valence-electron chi connectivity index (χ4n) is 2.44. The summed E-state index contributed by atoms with van der Waals surface area (Å²) in [7, 11) is 1.67. The number of methoxy groups -OCH3 is 1. The maximum Gasteiger partial charge on any atom is 0.133 e. The lowest BCUT2D eigenvalue weighted by molar-refractivity contribution is -0.120. The van der Waals surface area contributed by atoms with Crippen LogP contribution in [0.15, 0.2) is 24.3 Å². The van der Waals surface area contributed by atoms with Crippen LogP contribution in [0, 0.1) is 5.92 Å². The number of carbonyl (C=O) groups excluding carboxylic acids is 1. The maximum atomic E-state index is 12.0. The standard InChI is InChI=1S/C18H28O2/c1-4-6-7-15(5-2)14-17(19)11-8-16-9-12-18(20-3)13-10-16/h9-10,12-13,15H,4-8,11,14H2,1-3H3. The van der Waals surface area contributed by atoms with Crippen LogP contribution in [0.25, 0.3) is 0 Å². The third-order valence-corrected chi connectivity index (χ3v) is 3.91. The second-order valence-corrected chi connectivity index (χ2v) is 5.51. The number of carbonyl (C=O) groups is 1. The molecule has 20 heavy (non-hydrogen) atoms. The lowest BCUT2D eigenvalue weighted by atomic mass is 9.92. The topological polar surface area (TPSA) is 26.3 Å². The van der Waals surface area contributed by atoms with Crippen LogP contribution in [-0.4, -0.2) is 12.9 Å². The molecule has 0 saturated heterocycles. The second kappa shape index (κ2) is 9.57. The van der Waals surface area contributed by atoms with Gasteiger partial charge in [0.1, 0.15) is 11.5 Å². The second-order valence-electron chi connectivity index (χ2n) is 5.51. The zero-order chi connectivity index (χ0) is 14.8. The minimum absolute atomic E-state index is 0.406. The highest BCUT2D eigenvalue weighted by molar-refractivity contribution is 5.78. The maximum absolute atomic E-state index is 12.0. The molecule has 2 nitrogen and oxygen atoms in total. The minimum atomic E-state index is 0.406. The van der Waals surface area contributed by atoms with E-state index in [1.807, 2.05) is 24.3 Å². The summed E-state index contributed by atoms with van der Waals surface area (Å²) in [6.07, 6.45) is 7.03. The molecule has 1 aromatic rings. The molecule has 1 rings (SSSR count). The van der Waals surface area contributed by atoms with Crippen LogP contribution < -0.4 is 4.74 Å². The number of ketones is 1. The lowest BCUT2D eigenvalue weighted by Crippen LogP contribution is -2.09. The van der Waals surface area contributed by atoms with Gasteiger partial charge in [-0.1, -0.05) is 51.7 Å². The van der Waals surface area contributed by atoms with E-state index < -0.39 is 0 Å². The Morgan fingerprint density at radius 3 is 2.45 bits per heavy atom. The zero-order valence-corrected chi connectivity index (χ0v) is 13.2. The lowest BCUT2D eigenvalue weighted by Gasteiger charge is -2.13. The van der Waals surface area contributed by atoms with Crippen molar-refractivity contribution in [3.63, 3.8) is 0 Å². The minimum Gasteiger partial charge on any atom is -0.497 e. The molecule has 0 radical (unpaired) electrons. The summed E-state index contributed by atoms with van der Waals surface area (Å²) < 4.78 is 5.13. The van der Waals surface area contributed by atoms with E-state index in [4.69, 9.17) is 4.74 Å². The summed E-state index contributed by atoms with van der Waals surface area (Å²) >= 11 is 0. The number of unbranched alkanes of at least 4 members (excludes halogenated alkanes) is 1. The quantitative estimate of drug-likeness (QED) is 0.613. The highest BCUT2D eigenvalue weighted by Crippen LogP contribution is 2.19. The molecule has 2 heteroatoms. The zero-order valence-electron chi connectivity index (χ0n) is 13.2. The van der Waals surface area contributed by atoms with Crippen LogP contribution in [0.5, 0.6) is 5.75 Å².